The standard InChI is InChI=1S/C15H16N2O2S/c1-13(15-9-5-6-11-16-15)17-20(18,19)12-10-14-7-3-2-4-8-14/h2-13,17H,1H3/b12-10+. The highest BCUT2D eigenvalue weighted by Crippen LogP contribution is 2.11. The lowest BCUT2D eigenvalue weighted by molar-refractivity contribution is 0.573. The molecule has 0 radical (unpaired) electrons. The zero-order chi connectivity index (χ0) is 14.4. The predicted octanol–water partition coefficient (Wildman–Crippen LogP) is 2.73. The van der Waals surface area contributed by atoms with Gasteiger partial charge in [0.05, 0.1) is 11.7 Å². The molecule has 0 saturated heterocycles. The maximum Gasteiger partial charge on any atom is 0.234 e. The van der Waals surface area contributed by atoms with Crippen molar-refractivity contribution >= 4 is 16.1 Å². The molecule has 0 aliphatic carbocycles. The number of benzene rings is 1. The van der Waals surface area contributed by atoms with Crippen molar-refractivity contribution in [2.45, 2.75) is 13.0 Å². The maximum atomic E-state index is 12.0. The van der Waals surface area contributed by atoms with Gasteiger partial charge in [-0.3, -0.25) is 4.98 Å². The molecule has 0 aliphatic rings. The average molecular weight is 288 g/mol. The Morgan fingerprint density at radius 2 is 1.80 bits per heavy atom. The number of sulfonamides is 1. The van der Waals surface area contributed by atoms with Gasteiger partial charge in [-0.15, -0.1) is 0 Å². The van der Waals surface area contributed by atoms with E-state index in [0.717, 1.165) is 5.56 Å². The van der Waals surface area contributed by atoms with Gasteiger partial charge < -0.3 is 0 Å². The molecule has 1 N–H and O–H groups in total. The fraction of sp³-hybridized carbons (Fsp3) is 0.133. The van der Waals surface area contributed by atoms with Crippen LogP contribution in [0.1, 0.15) is 24.2 Å². The second-order valence-corrected chi connectivity index (χ2v) is 5.95. The highest BCUT2D eigenvalue weighted by atomic mass is 32.2. The van der Waals surface area contributed by atoms with E-state index in [-0.39, 0.29) is 6.04 Å². The maximum absolute atomic E-state index is 12.0. The van der Waals surface area contributed by atoms with E-state index < -0.39 is 10.0 Å². The molecule has 1 aromatic carbocycles. The van der Waals surface area contributed by atoms with Crippen LogP contribution in [0, 0.1) is 0 Å². The lowest BCUT2D eigenvalue weighted by Gasteiger charge is -2.11. The molecular formula is C15H16N2O2S. The SMILES string of the molecule is CC(NS(=O)(=O)/C=C/c1ccccc1)c1ccccn1. The molecular weight excluding hydrogens is 272 g/mol. The molecule has 0 amide bonds. The summed E-state index contributed by atoms with van der Waals surface area (Å²) in [5.41, 5.74) is 1.52. The van der Waals surface area contributed by atoms with Crippen molar-refractivity contribution in [2.24, 2.45) is 0 Å². The Labute approximate surface area is 119 Å². The summed E-state index contributed by atoms with van der Waals surface area (Å²) in [6, 6.07) is 14.3. The molecule has 1 unspecified atom stereocenters. The van der Waals surface area contributed by atoms with Crippen molar-refractivity contribution in [1.29, 1.82) is 0 Å². The first-order valence-electron chi connectivity index (χ1n) is 6.23. The van der Waals surface area contributed by atoms with Crippen molar-refractivity contribution in [2.75, 3.05) is 0 Å². The predicted molar refractivity (Wildman–Crippen MR) is 80.2 cm³/mol. The number of nitrogens with one attached hydrogen (secondary N) is 1. The molecule has 104 valence electrons. The molecule has 5 heteroatoms. The summed E-state index contributed by atoms with van der Waals surface area (Å²) in [5.74, 6) is 0. The monoisotopic (exact) mass is 288 g/mol. The lowest BCUT2D eigenvalue weighted by Crippen LogP contribution is -2.25. The van der Waals surface area contributed by atoms with E-state index in [1.54, 1.807) is 31.3 Å². The van der Waals surface area contributed by atoms with Gasteiger partial charge in [-0.25, -0.2) is 13.1 Å². The summed E-state index contributed by atoms with van der Waals surface area (Å²) in [4.78, 5) is 4.13. The summed E-state index contributed by atoms with van der Waals surface area (Å²) in [7, 11) is -3.50. The largest absolute Gasteiger partial charge is 0.260 e. The van der Waals surface area contributed by atoms with Gasteiger partial charge in [0.15, 0.2) is 0 Å². The summed E-state index contributed by atoms with van der Waals surface area (Å²) in [5, 5.41) is 1.17. The Kier molecular flexibility index (Phi) is 4.65. The minimum atomic E-state index is -3.50. The normalized spacial score (nSPS) is 13.4. The first-order chi connectivity index (χ1) is 9.57. The fourth-order valence-electron chi connectivity index (χ4n) is 1.71. The summed E-state index contributed by atoms with van der Waals surface area (Å²) >= 11 is 0. The van der Waals surface area contributed by atoms with Crippen LogP contribution in [-0.2, 0) is 10.0 Å². The molecule has 1 aromatic heterocycles. The smallest absolute Gasteiger partial charge is 0.234 e. The highest BCUT2D eigenvalue weighted by Gasteiger charge is 2.13. The zero-order valence-corrected chi connectivity index (χ0v) is 11.9. The Morgan fingerprint density at radius 1 is 1.10 bits per heavy atom. The van der Waals surface area contributed by atoms with Gasteiger partial charge in [-0.1, -0.05) is 36.4 Å². The van der Waals surface area contributed by atoms with E-state index in [1.165, 1.54) is 5.41 Å². The van der Waals surface area contributed by atoms with Gasteiger partial charge in [-0.2, -0.15) is 0 Å². The van der Waals surface area contributed by atoms with E-state index in [2.05, 4.69) is 9.71 Å². The Morgan fingerprint density at radius 3 is 2.45 bits per heavy atom. The summed E-state index contributed by atoms with van der Waals surface area (Å²) < 4.78 is 26.5. The molecule has 2 rings (SSSR count). The number of nitrogens with zero attached hydrogens (tertiary/aromatic N) is 1. The van der Waals surface area contributed by atoms with Crippen molar-refractivity contribution in [3.63, 3.8) is 0 Å². The van der Waals surface area contributed by atoms with Gasteiger partial charge in [0, 0.05) is 11.6 Å². The average Bonchev–Trinajstić information content (AvgIpc) is 2.47. The van der Waals surface area contributed by atoms with E-state index >= 15 is 0 Å². The van der Waals surface area contributed by atoms with Gasteiger partial charge in [-0.05, 0) is 30.7 Å². The van der Waals surface area contributed by atoms with E-state index in [1.807, 2.05) is 36.4 Å². The Balaban J connectivity index is 2.06. The second-order valence-electron chi connectivity index (χ2n) is 4.35. The Bertz CT molecular complexity index is 668. The van der Waals surface area contributed by atoms with Crippen LogP contribution in [0.25, 0.3) is 6.08 Å². The minimum absolute atomic E-state index is 0.373. The number of hydrogen-bond donors (Lipinski definition) is 1. The molecule has 0 bridgehead atoms. The van der Waals surface area contributed by atoms with Crippen LogP contribution in [0.3, 0.4) is 0 Å². The van der Waals surface area contributed by atoms with Crippen LogP contribution < -0.4 is 4.72 Å². The fourth-order valence-corrected chi connectivity index (χ4v) is 2.74. The van der Waals surface area contributed by atoms with Crippen LogP contribution in [-0.4, -0.2) is 13.4 Å². The Hall–Kier alpha value is -1.98. The van der Waals surface area contributed by atoms with E-state index in [4.69, 9.17) is 0 Å². The molecule has 1 atom stereocenters. The van der Waals surface area contributed by atoms with Gasteiger partial charge in [0.1, 0.15) is 0 Å². The molecule has 1 heterocycles. The van der Waals surface area contributed by atoms with Crippen LogP contribution in [0.5, 0.6) is 0 Å². The number of rotatable bonds is 5. The van der Waals surface area contributed by atoms with Crippen molar-refractivity contribution in [1.82, 2.24) is 9.71 Å². The van der Waals surface area contributed by atoms with E-state index in [9.17, 15) is 8.42 Å². The third kappa shape index (κ3) is 4.29. The van der Waals surface area contributed by atoms with Crippen molar-refractivity contribution in [3.05, 3.63) is 71.4 Å². The molecule has 0 saturated carbocycles. The molecule has 4 nitrogen and oxygen atoms in total. The first-order valence-corrected chi connectivity index (χ1v) is 7.78. The number of pyridine rings is 1. The van der Waals surface area contributed by atoms with Gasteiger partial charge in [0.25, 0.3) is 0 Å². The third-order valence-corrected chi connectivity index (χ3v) is 3.89. The topological polar surface area (TPSA) is 59.1 Å². The minimum Gasteiger partial charge on any atom is -0.260 e. The lowest BCUT2D eigenvalue weighted by atomic mass is 10.2. The molecule has 2 aromatic rings. The molecule has 0 aliphatic heterocycles. The van der Waals surface area contributed by atoms with Crippen LogP contribution in [0.2, 0.25) is 0 Å². The molecule has 20 heavy (non-hydrogen) atoms. The van der Waals surface area contributed by atoms with Crippen LogP contribution >= 0.6 is 0 Å². The summed E-state index contributed by atoms with van der Waals surface area (Å²) in [6.07, 6.45) is 3.20. The number of hydrogen-bond acceptors (Lipinski definition) is 3. The quantitative estimate of drug-likeness (QED) is 0.920. The molecule has 0 spiro atoms. The third-order valence-electron chi connectivity index (χ3n) is 2.71. The highest BCUT2D eigenvalue weighted by molar-refractivity contribution is 7.92. The zero-order valence-electron chi connectivity index (χ0n) is 11.1. The van der Waals surface area contributed by atoms with Crippen LogP contribution in [0.15, 0.2) is 60.1 Å². The van der Waals surface area contributed by atoms with E-state index in [0.29, 0.717) is 5.69 Å². The molecule has 0 fully saturated rings. The second kappa shape index (κ2) is 6.45. The van der Waals surface area contributed by atoms with Gasteiger partial charge in [0.2, 0.25) is 10.0 Å². The van der Waals surface area contributed by atoms with Crippen LogP contribution in [0.4, 0.5) is 0 Å². The van der Waals surface area contributed by atoms with Crippen molar-refractivity contribution in [3.8, 4) is 0 Å². The number of aromatic nitrogens is 1. The first kappa shape index (κ1) is 14.4. The summed E-state index contributed by atoms with van der Waals surface area (Å²) in [6.45, 7) is 1.76. The van der Waals surface area contributed by atoms with Crippen molar-refractivity contribution < 1.29 is 8.42 Å². The van der Waals surface area contributed by atoms with Gasteiger partial charge >= 0.3 is 0 Å².